The summed E-state index contributed by atoms with van der Waals surface area (Å²) < 4.78 is 6.27. The molecule has 26 heavy (non-hydrogen) atoms. The average molecular weight is 380 g/mol. The highest BCUT2D eigenvalue weighted by molar-refractivity contribution is 5.90. The van der Waals surface area contributed by atoms with Crippen LogP contribution >= 0.6 is 12.4 Å². The quantitative estimate of drug-likeness (QED) is 0.873. The minimum atomic E-state index is -0.473. The van der Waals surface area contributed by atoms with E-state index in [1.165, 1.54) is 32.1 Å². The van der Waals surface area contributed by atoms with Gasteiger partial charge in [-0.05, 0) is 49.3 Å². The summed E-state index contributed by atoms with van der Waals surface area (Å²) in [5.41, 5.74) is 6.57. The Labute approximate surface area is 162 Å². The maximum atomic E-state index is 11.6. The fourth-order valence-electron chi connectivity index (χ4n) is 5.66. The maximum absolute atomic E-state index is 11.6. The number of primary amides is 1. The van der Waals surface area contributed by atoms with Crippen LogP contribution in [0.25, 0.3) is 0 Å². The van der Waals surface area contributed by atoms with Crippen LogP contribution in [0.4, 0.5) is 0 Å². The van der Waals surface area contributed by atoms with E-state index >= 15 is 0 Å². The van der Waals surface area contributed by atoms with Crippen molar-refractivity contribution in [1.29, 1.82) is 0 Å². The number of nitrogens with zero attached hydrogens (tertiary/aromatic N) is 2. The molecule has 1 aromatic rings. The van der Waals surface area contributed by atoms with Crippen LogP contribution in [0.15, 0.2) is 18.3 Å². The number of pyridine rings is 1. The van der Waals surface area contributed by atoms with Crippen molar-refractivity contribution in [3.8, 4) is 0 Å². The first-order valence-electron chi connectivity index (χ1n) is 9.61. The molecule has 0 aromatic carbocycles. The number of piperidine rings is 1. The average Bonchev–Trinajstić information content (AvgIpc) is 2.59. The lowest BCUT2D eigenvalue weighted by Gasteiger charge is -2.58. The van der Waals surface area contributed by atoms with Crippen molar-refractivity contribution < 1.29 is 9.53 Å². The van der Waals surface area contributed by atoms with Crippen LogP contribution in [0.5, 0.6) is 0 Å². The van der Waals surface area contributed by atoms with E-state index in [1.807, 2.05) is 19.2 Å². The number of nitrogens with two attached hydrogens (primary N) is 1. The molecule has 1 aromatic heterocycles. The van der Waals surface area contributed by atoms with Gasteiger partial charge in [0.25, 0.3) is 5.91 Å². The van der Waals surface area contributed by atoms with Crippen molar-refractivity contribution in [3.05, 3.63) is 29.6 Å². The molecule has 1 saturated heterocycles. The number of aromatic nitrogens is 1. The van der Waals surface area contributed by atoms with Gasteiger partial charge in [0.2, 0.25) is 0 Å². The summed E-state index contributed by atoms with van der Waals surface area (Å²) in [6.45, 7) is 4.56. The molecule has 4 rings (SSSR count). The molecule has 3 fully saturated rings. The number of likely N-dealkylation sites (tertiary alicyclic amines) is 1. The molecule has 3 aliphatic rings. The fraction of sp³-hybridized carbons (Fsp3) is 0.700. The van der Waals surface area contributed by atoms with Gasteiger partial charge >= 0.3 is 0 Å². The molecular weight excluding hydrogens is 350 g/mol. The number of hydrogen-bond donors (Lipinski definition) is 1. The zero-order chi connectivity index (χ0) is 17.6. The predicted octanol–water partition coefficient (Wildman–Crippen LogP) is 2.97. The number of ether oxygens (including phenoxy) is 1. The number of carbonyl (C=O) groups is 1. The van der Waals surface area contributed by atoms with E-state index in [0.29, 0.717) is 17.5 Å². The number of hydrogen-bond acceptors (Lipinski definition) is 4. The Bertz CT molecular complexity index is 654. The molecule has 2 heterocycles. The first-order valence-corrected chi connectivity index (χ1v) is 9.61. The van der Waals surface area contributed by atoms with Gasteiger partial charge in [-0.15, -0.1) is 12.4 Å². The minimum Gasteiger partial charge on any atom is -0.373 e. The number of fused-ring (bicyclic) bond motifs is 2. The zero-order valence-electron chi connectivity index (χ0n) is 15.7. The van der Waals surface area contributed by atoms with E-state index in [-0.39, 0.29) is 18.0 Å². The second-order valence-electron chi connectivity index (χ2n) is 8.19. The van der Waals surface area contributed by atoms with Gasteiger partial charge < -0.3 is 10.5 Å². The predicted molar refractivity (Wildman–Crippen MR) is 103 cm³/mol. The first-order chi connectivity index (χ1) is 12.1. The third-order valence-corrected chi connectivity index (χ3v) is 7.07. The Morgan fingerprint density at radius 1 is 1.27 bits per heavy atom. The van der Waals surface area contributed by atoms with E-state index < -0.39 is 5.91 Å². The summed E-state index contributed by atoms with van der Waals surface area (Å²) in [4.78, 5) is 18.5. The summed E-state index contributed by atoms with van der Waals surface area (Å²) in [6, 6.07) is 4.62. The summed E-state index contributed by atoms with van der Waals surface area (Å²) in [6.07, 6.45) is 8.01. The van der Waals surface area contributed by atoms with Crippen LogP contribution < -0.4 is 5.73 Å². The third kappa shape index (κ3) is 2.94. The lowest BCUT2D eigenvalue weighted by atomic mass is 9.61. The van der Waals surface area contributed by atoms with Gasteiger partial charge in [-0.3, -0.25) is 14.7 Å². The van der Waals surface area contributed by atoms with Crippen LogP contribution in [-0.2, 0) is 10.3 Å². The van der Waals surface area contributed by atoms with Gasteiger partial charge in [-0.25, -0.2) is 0 Å². The monoisotopic (exact) mass is 379 g/mol. The van der Waals surface area contributed by atoms with E-state index in [2.05, 4.69) is 16.8 Å². The molecule has 2 saturated carbocycles. The Balaban J connectivity index is 0.00000196. The van der Waals surface area contributed by atoms with Crippen LogP contribution in [-0.4, -0.2) is 42.0 Å². The Kier molecular flexibility index (Phi) is 5.61. The largest absolute Gasteiger partial charge is 0.373 e. The SMILES string of the molecule is CO[C@]1(c2ccnc(C(N)=O)c2)[C@@H]2CCC[C@H]1CN([C@@H]1CC[C@H]1C)C2.Cl. The summed E-state index contributed by atoms with van der Waals surface area (Å²) >= 11 is 0. The maximum Gasteiger partial charge on any atom is 0.267 e. The standard InChI is InChI=1S/C20H29N3O2.ClH/c1-13-6-7-18(13)23-11-15-4-3-5-16(12-23)20(15,25-2)14-8-9-22-17(10-14)19(21)24;/h8-10,13,15-16,18H,3-7,11-12H2,1-2H3,(H2,21,24);1H/t13-,15-,16+,18-,20-;/m1./s1. The summed E-state index contributed by atoms with van der Waals surface area (Å²) in [5.74, 6) is 1.26. The number of halogens is 1. The van der Waals surface area contributed by atoms with E-state index in [0.717, 1.165) is 30.6 Å². The highest BCUT2D eigenvalue weighted by Crippen LogP contribution is 2.52. The van der Waals surface area contributed by atoms with Crippen molar-refractivity contribution in [3.63, 3.8) is 0 Å². The summed E-state index contributed by atoms with van der Waals surface area (Å²) in [5, 5.41) is 0. The number of methoxy groups -OCH3 is 1. The number of rotatable bonds is 4. The van der Waals surface area contributed by atoms with Gasteiger partial charge in [-0.2, -0.15) is 0 Å². The number of carbonyl (C=O) groups excluding carboxylic acids is 1. The molecule has 1 aliphatic heterocycles. The Morgan fingerprint density at radius 3 is 2.46 bits per heavy atom. The molecule has 2 aliphatic carbocycles. The molecule has 0 unspecified atom stereocenters. The van der Waals surface area contributed by atoms with E-state index in [4.69, 9.17) is 10.5 Å². The zero-order valence-corrected chi connectivity index (χ0v) is 16.5. The molecule has 0 radical (unpaired) electrons. The van der Waals surface area contributed by atoms with Crippen LogP contribution in [0.3, 0.4) is 0 Å². The number of amides is 1. The van der Waals surface area contributed by atoms with Crippen LogP contribution in [0.2, 0.25) is 0 Å². The van der Waals surface area contributed by atoms with Crippen molar-refractivity contribution in [1.82, 2.24) is 9.88 Å². The molecule has 2 N–H and O–H groups in total. The molecule has 2 bridgehead atoms. The molecule has 5 nitrogen and oxygen atoms in total. The molecule has 5 atom stereocenters. The normalized spacial score (nSPS) is 36.7. The molecule has 6 heteroatoms. The Morgan fingerprint density at radius 2 is 1.96 bits per heavy atom. The summed E-state index contributed by atoms with van der Waals surface area (Å²) in [7, 11) is 1.83. The van der Waals surface area contributed by atoms with Crippen molar-refractivity contribution in [2.24, 2.45) is 23.5 Å². The van der Waals surface area contributed by atoms with Crippen molar-refractivity contribution in [2.45, 2.75) is 50.7 Å². The van der Waals surface area contributed by atoms with Crippen molar-refractivity contribution in [2.75, 3.05) is 20.2 Å². The minimum absolute atomic E-state index is 0. The first kappa shape index (κ1) is 19.6. The highest BCUT2D eigenvalue weighted by atomic mass is 35.5. The molecule has 1 amide bonds. The Hall–Kier alpha value is -1.17. The van der Waals surface area contributed by atoms with E-state index in [1.54, 1.807) is 6.20 Å². The second kappa shape index (κ2) is 7.45. The third-order valence-electron chi connectivity index (χ3n) is 7.07. The topological polar surface area (TPSA) is 68.5 Å². The van der Waals surface area contributed by atoms with Crippen molar-refractivity contribution >= 4 is 18.3 Å². The molecule has 144 valence electrons. The lowest BCUT2D eigenvalue weighted by Crippen LogP contribution is -2.62. The molecular formula is C20H30ClN3O2. The smallest absolute Gasteiger partial charge is 0.267 e. The van der Waals surface area contributed by atoms with Gasteiger partial charge in [0.1, 0.15) is 11.3 Å². The van der Waals surface area contributed by atoms with Gasteiger partial charge in [0.05, 0.1) is 0 Å². The fourth-order valence-corrected chi connectivity index (χ4v) is 5.66. The van der Waals surface area contributed by atoms with Gasteiger partial charge in [0, 0.05) is 44.3 Å². The second-order valence-corrected chi connectivity index (χ2v) is 8.19. The van der Waals surface area contributed by atoms with Crippen LogP contribution in [0.1, 0.15) is 55.1 Å². The van der Waals surface area contributed by atoms with Gasteiger partial charge in [0.15, 0.2) is 0 Å². The molecule has 0 spiro atoms. The van der Waals surface area contributed by atoms with E-state index in [9.17, 15) is 4.79 Å². The lowest BCUT2D eigenvalue weighted by molar-refractivity contribution is -0.181. The van der Waals surface area contributed by atoms with Gasteiger partial charge in [-0.1, -0.05) is 13.3 Å². The van der Waals surface area contributed by atoms with Crippen LogP contribution in [0, 0.1) is 17.8 Å². The highest BCUT2D eigenvalue weighted by Gasteiger charge is 2.54.